The number of rotatable bonds is 8. The summed E-state index contributed by atoms with van der Waals surface area (Å²) in [6, 6.07) is 14.4. The van der Waals surface area contributed by atoms with Crippen molar-refractivity contribution >= 4 is 33.3 Å². The number of hydrogen-bond acceptors (Lipinski definition) is 5. The molecule has 212 valence electrons. The van der Waals surface area contributed by atoms with E-state index < -0.39 is 15.3 Å². The average molecular weight is 574 g/mol. The molecule has 1 unspecified atom stereocenters. The van der Waals surface area contributed by atoms with Crippen LogP contribution >= 0.6 is 11.6 Å². The molecule has 0 saturated carbocycles. The minimum atomic E-state index is -3.24. The normalized spacial score (nSPS) is 18.9. The Hall–Kier alpha value is -2.42. The van der Waals surface area contributed by atoms with Gasteiger partial charge in [0.15, 0.2) is 9.84 Å². The molecule has 1 spiro atoms. The van der Waals surface area contributed by atoms with Crippen LogP contribution in [0.5, 0.6) is 0 Å². The van der Waals surface area contributed by atoms with Crippen molar-refractivity contribution in [2.45, 2.75) is 63.9 Å². The lowest BCUT2D eigenvalue weighted by Crippen LogP contribution is -2.45. The first-order valence-electron chi connectivity index (χ1n) is 13.6. The van der Waals surface area contributed by atoms with Crippen molar-refractivity contribution in [3.63, 3.8) is 0 Å². The van der Waals surface area contributed by atoms with Gasteiger partial charge < -0.3 is 15.1 Å². The van der Waals surface area contributed by atoms with Gasteiger partial charge in [-0.25, -0.2) is 8.42 Å². The highest BCUT2D eigenvalue weighted by Crippen LogP contribution is 2.42. The Labute approximate surface area is 237 Å². The van der Waals surface area contributed by atoms with Crippen LogP contribution in [0.1, 0.15) is 63.6 Å². The summed E-state index contributed by atoms with van der Waals surface area (Å²) in [7, 11) is -3.24. The molecule has 2 fully saturated rings. The molecule has 7 nitrogen and oxygen atoms in total. The van der Waals surface area contributed by atoms with Crippen LogP contribution in [0.15, 0.2) is 53.4 Å². The first-order chi connectivity index (χ1) is 18.3. The van der Waals surface area contributed by atoms with E-state index >= 15 is 0 Å². The smallest absolute Gasteiger partial charge is 0.229 e. The second-order valence-electron chi connectivity index (χ2n) is 12.1. The Morgan fingerprint density at radius 3 is 2.28 bits per heavy atom. The van der Waals surface area contributed by atoms with Gasteiger partial charge in [-0.05, 0) is 74.2 Å². The molecule has 0 aromatic heterocycles. The minimum Gasteiger partial charge on any atom is -0.349 e. The summed E-state index contributed by atoms with van der Waals surface area (Å²) in [5.74, 6) is 0.219. The standard InChI is InChI=1S/C30H40ClN3O4S/c1-29(2,3)27(35)32-26(23-6-5-7-24(31)20-23)12-16-33-17-13-30(14-18-33)15-19-34(28(30)36)21-22-8-10-25(11-9-22)39(4,37)38/h5-11,20,26H,12-19,21H2,1-4H3,(H,32,35). The molecular formula is C30H40ClN3O4S. The lowest BCUT2D eigenvalue weighted by molar-refractivity contribution is -0.139. The number of carbonyl (C=O) groups is 2. The van der Waals surface area contributed by atoms with Crippen molar-refractivity contribution in [1.82, 2.24) is 15.1 Å². The topological polar surface area (TPSA) is 86.8 Å². The molecule has 4 rings (SSSR count). The zero-order valence-electron chi connectivity index (χ0n) is 23.4. The highest BCUT2D eigenvalue weighted by molar-refractivity contribution is 7.90. The lowest BCUT2D eigenvalue weighted by Gasteiger charge is -2.38. The van der Waals surface area contributed by atoms with Crippen molar-refractivity contribution < 1.29 is 18.0 Å². The van der Waals surface area contributed by atoms with Crippen LogP contribution in [0.4, 0.5) is 0 Å². The van der Waals surface area contributed by atoms with E-state index in [1.54, 1.807) is 24.3 Å². The Bertz CT molecular complexity index is 1300. The highest BCUT2D eigenvalue weighted by atomic mass is 35.5. The number of halogens is 1. The first kappa shape index (κ1) is 29.6. The third-order valence-corrected chi connectivity index (χ3v) is 9.47. The molecular weight excluding hydrogens is 534 g/mol. The Balaban J connectivity index is 1.33. The van der Waals surface area contributed by atoms with E-state index in [0.717, 1.165) is 63.0 Å². The van der Waals surface area contributed by atoms with Gasteiger partial charge in [-0.3, -0.25) is 9.59 Å². The predicted molar refractivity (Wildman–Crippen MR) is 154 cm³/mol. The maximum Gasteiger partial charge on any atom is 0.229 e. The van der Waals surface area contributed by atoms with Gasteiger partial charge in [-0.1, -0.05) is 56.6 Å². The van der Waals surface area contributed by atoms with Crippen molar-refractivity contribution in [1.29, 1.82) is 0 Å². The van der Waals surface area contributed by atoms with Gasteiger partial charge in [0.1, 0.15) is 0 Å². The number of nitrogens with zero attached hydrogens (tertiary/aromatic N) is 2. The summed E-state index contributed by atoms with van der Waals surface area (Å²) in [5.41, 5.74) is 1.14. The molecule has 1 atom stereocenters. The lowest BCUT2D eigenvalue weighted by atomic mass is 9.77. The zero-order chi connectivity index (χ0) is 28.4. The number of piperidine rings is 1. The molecule has 2 aliphatic rings. The summed E-state index contributed by atoms with van der Waals surface area (Å²) >= 11 is 6.25. The molecule has 2 heterocycles. The Kier molecular flexibility index (Phi) is 8.79. The van der Waals surface area contributed by atoms with Crippen LogP contribution in [0.25, 0.3) is 0 Å². The van der Waals surface area contributed by atoms with Gasteiger partial charge in [0.25, 0.3) is 0 Å². The number of likely N-dealkylation sites (tertiary alicyclic amines) is 2. The van der Waals surface area contributed by atoms with Crippen LogP contribution in [-0.2, 0) is 26.0 Å². The molecule has 2 aromatic carbocycles. The van der Waals surface area contributed by atoms with E-state index in [2.05, 4.69) is 10.2 Å². The molecule has 0 bridgehead atoms. The van der Waals surface area contributed by atoms with Crippen LogP contribution in [0.2, 0.25) is 5.02 Å². The van der Waals surface area contributed by atoms with Crippen molar-refractivity contribution in [2.24, 2.45) is 10.8 Å². The predicted octanol–water partition coefficient (Wildman–Crippen LogP) is 4.85. The van der Waals surface area contributed by atoms with E-state index in [-0.39, 0.29) is 23.3 Å². The summed E-state index contributed by atoms with van der Waals surface area (Å²) in [4.78, 5) is 30.9. The minimum absolute atomic E-state index is 0.00711. The van der Waals surface area contributed by atoms with Gasteiger partial charge in [0.2, 0.25) is 11.8 Å². The van der Waals surface area contributed by atoms with Gasteiger partial charge in [0.05, 0.1) is 16.4 Å². The quantitative estimate of drug-likeness (QED) is 0.488. The summed E-state index contributed by atoms with van der Waals surface area (Å²) in [6.45, 7) is 9.47. The SMILES string of the molecule is CC(C)(C)C(=O)NC(CCN1CCC2(CC1)CCN(Cc1ccc(S(C)(=O)=O)cc1)C2=O)c1cccc(Cl)c1. The van der Waals surface area contributed by atoms with Gasteiger partial charge in [-0.2, -0.15) is 0 Å². The molecule has 9 heteroatoms. The number of benzene rings is 2. The van der Waals surface area contributed by atoms with Gasteiger partial charge in [-0.15, -0.1) is 0 Å². The molecule has 1 N–H and O–H groups in total. The molecule has 0 radical (unpaired) electrons. The van der Waals surface area contributed by atoms with E-state index in [1.807, 2.05) is 49.9 Å². The fraction of sp³-hybridized carbons (Fsp3) is 0.533. The maximum atomic E-state index is 13.5. The number of nitrogens with one attached hydrogen (secondary N) is 1. The van der Waals surface area contributed by atoms with E-state index in [9.17, 15) is 18.0 Å². The summed E-state index contributed by atoms with van der Waals surface area (Å²) in [6.07, 6.45) is 4.46. The largest absolute Gasteiger partial charge is 0.349 e. The number of carbonyl (C=O) groups excluding carboxylic acids is 2. The fourth-order valence-corrected chi connectivity index (χ4v) is 6.34. The number of amides is 2. The van der Waals surface area contributed by atoms with Crippen molar-refractivity contribution in [2.75, 3.05) is 32.4 Å². The van der Waals surface area contributed by atoms with E-state index in [1.165, 1.54) is 6.26 Å². The van der Waals surface area contributed by atoms with Crippen LogP contribution in [0, 0.1) is 10.8 Å². The van der Waals surface area contributed by atoms with Gasteiger partial charge >= 0.3 is 0 Å². The molecule has 2 aromatic rings. The second-order valence-corrected chi connectivity index (χ2v) is 14.6. The van der Waals surface area contributed by atoms with Gasteiger partial charge in [0, 0.05) is 36.3 Å². The highest BCUT2D eigenvalue weighted by Gasteiger charge is 2.47. The molecule has 2 aliphatic heterocycles. The van der Waals surface area contributed by atoms with Crippen molar-refractivity contribution in [3.8, 4) is 0 Å². The second kappa shape index (κ2) is 11.6. The average Bonchev–Trinajstić information content (AvgIpc) is 3.16. The van der Waals surface area contributed by atoms with Crippen LogP contribution < -0.4 is 5.32 Å². The molecule has 2 amide bonds. The van der Waals surface area contributed by atoms with E-state index in [0.29, 0.717) is 16.5 Å². The molecule has 2 saturated heterocycles. The monoisotopic (exact) mass is 573 g/mol. The Morgan fingerprint density at radius 2 is 1.69 bits per heavy atom. The fourth-order valence-electron chi connectivity index (χ4n) is 5.51. The third kappa shape index (κ3) is 7.21. The number of hydrogen-bond donors (Lipinski definition) is 1. The number of sulfone groups is 1. The summed E-state index contributed by atoms with van der Waals surface area (Å²) in [5, 5.41) is 3.87. The first-order valence-corrected chi connectivity index (χ1v) is 15.9. The van der Waals surface area contributed by atoms with Crippen molar-refractivity contribution in [3.05, 3.63) is 64.7 Å². The molecule has 0 aliphatic carbocycles. The third-order valence-electron chi connectivity index (χ3n) is 8.11. The maximum absolute atomic E-state index is 13.5. The van der Waals surface area contributed by atoms with Crippen LogP contribution in [0.3, 0.4) is 0 Å². The van der Waals surface area contributed by atoms with E-state index in [4.69, 9.17) is 11.6 Å². The van der Waals surface area contributed by atoms with Crippen LogP contribution in [-0.4, -0.2) is 62.5 Å². The Morgan fingerprint density at radius 1 is 1.05 bits per heavy atom. The zero-order valence-corrected chi connectivity index (χ0v) is 24.9. The molecule has 39 heavy (non-hydrogen) atoms. The summed E-state index contributed by atoms with van der Waals surface area (Å²) < 4.78 is 23.5.